The number of hydrogen-bond donors (Lipinski definition) is 3. The Labute approximate surface area is 203 Å². The second-order valence-electron chi connectivity index (χ2n) is 9.05. The number of nitrogens with one attached hydrogen (secondary N) is 2. The van der Waals surface area contributed by atoms with Crippen LogP contribution in [-0.2, 0) is 12.8 Å². The predicted octanol–water partition coefficient (Wildman–Crippen LogP) is 5.26. The number of H-pyrrole nitrogens is 1. The van der Waals surface area contributed by atoms with Crippen LogP contribution in [0.5, 0.6) is 5.75 Å². The smallest absolute Gasteiger partial charge is 0.255 e. The topological polar surface area (TPSA) is 74.4 Å². The van der Waals surface area contributed by atoms with Gasteiger partial charge in [-0.05, 0) is 57.6 Å². The van der Waals surface area contributed by atoms with E-state index in [0.29, 0.717) is 24.3 Å². The average molecular weight is 463 g/mol. The normalized spacial score (nSPS) is 13.5. The van der Waals surface area contributed by atoms with Gasteiger partial charge in [-0.1, -0.05) is 60.7 Å². The second-order valence-corrected chi connectivity index (χ2v) is 9.05. The van der Waals surface area contributed by atoms with Gasteiger partial charge in [0.1, 0.15) is 5.75 Å². The van der Waals surface area contributed by atoms with Crippen LogP contribution < -0.4 is 10.1 Å². The van der Waals surface area contributed by atoms with E-state index in [9.17, 15) is 9.90 Å². The number of amides is 1. The Morgan fingerprint density at radius 3 is 2.69 bits per heavy atom. The largest absolute Gasteiger partial charge is 0.492 e. The Hall–Kier alpha value is -4.09. The first-order valence-electron chi connectivity index (χ1n) is 12.0. The summed E-state index contributed by atoms with van der Waals surface area (Å²) in [7, 11) is 0. The molecule has 1 aromatic heterocycles. The predicted molar refractivity (Wildman–Crippen MR) is 139 cm³/mol. The third kappa shape index (κ3) is 3.94. The van der Waals surface area contributed by atoms with Crippen molar-refractivity contribution in [1.29, 1.82) is 0 Å². The number of para-hydroxylation sites is 1. The average Bonchev–Trinajstić information content (AvgIpc) is 3.54. The molecule has 0 radical (unpaired) electrons. The van der Waals surface area contributed by atoms with Gasteiger partial charge in [0.2, 0.25) is 0 Å². The van der Waals surface area contributed by atoms with E-state index in [2.05, 4.69) is 40.6 Å². The molecule has 5 heteroatoms. The number of aromatic amines is 1. The summed E-state index contributed by atoms with van der Waals surface area (Å²) in [5.41, 5.74) is 5.74. The number of benzene rings is 4. The van der Waals surface area contributed by atoms with Crippen molar-refractivity contribution in [1.82, 2.24) is 10.3 Å². The SMILES string of the molecule is O=C(N[C@@H](CO)Cc1c[nH]c2ccccc12)c1cc(-c2cccc3ccccc23)cc2c1OCC2. The Morgan fingerprint density at radius 1 is 1.00 bits per heavy atom. The lowest BCUT2D eigenvalue weighted by Gasteiger charge is -2.18. The number of aliphatic hydroxyl groups excluding tert-OH is 1. The Bertz CT molecular complexity index is 1550. The highest BCUT2D eigenvalue weighted by molar-refractivity contribution is 6.02. The number of aliphatic hydroxyl groups is 1. The van der Waals surface area contributed by atoms with Crippen LogP contribution in [0.3, 0.4) is 0 Å². The molecule has 1 aliphatic rings. The van der Waals surface area contributed by atoms with E-state index in [1.807, 2.05) is 54.7 Å². The first-order valence-corrected chi connectivity index (χ1v) is 12.0. The van der Waals surface area contributed by atoms with Crippen LogP contribution in [0.15, 0.2) is 85.1 Å². The molecule has 0 saturated heterocycles. The van der Waals surface area contributed by atoms with Gasteiger partial charge in [-0.15, -0.1) is 0 Å². The standard InChI is InChI=1S/C30H26N2O3/c33-18-23(15-22-17-31-28-11-4-3-9-26(22)28)32-30(34)27-16-21(14-20-12-13-35-29(20)27)25-10-5-7-19-6-1-2-8-24(19)25/h1-11,14,16-17,23,31,33H,12-13,15,18H2,(H,32,34)/t23-/m1/s1. The summed E-state index contributed by atoms with van der Waals surface area (Å²) in [4.78, 5) is 16.8. The summed E-state index contributed by atoms with van der Waals surface area (Å²) >= 11 is 0. The minimum absolute atomic E-state index is 0.155. The van der Waals surface area contributed by atoms with Gasteiger partial charge in [0.25, 0.3) is 5.91 Å². The van der Waals surface area contributed by atoms with E-state index in [1.54, 1.807) is 0 Å². The van der Waals surface area contributed by atoms with Crippen LogP contribution in [-0.4, -0.2) is 35.3 Å². The first kappa shape index (κ1) is 21.4. The van der Waals surface area contributed by atoms with Crippen molar-refractivity contribution in [2.24, 2.45) is 0 Å². The number of aromatic nitrogens is 1. The zero-order valence-corrected chi connectivity index (χ0v) is 19.3. The van der Waals surface area contributed by atoms with Crippen LogP contribution in [0.1, 0.15) is 21.5 Å². The second kappa shape index (κ2) is 8.93. The van der Waals surface area contributed by atoms with E-state index < -0.39 is 6.04 Å². The fourth-order valence-electron chi connectivity index (χ4n) is 5.10. The van der Waals surface area contributed by atoms with E-state index in [-0.39, 0.29) is 12.5 Å². The molecule has 6 rings (SSSR count). The van der Waals surface area contributed by atoms with Gasteiger partial charge < -0.3 is 20.1 Å². The molecule has 3 N–H and O–H groups in total. The molecule has 0 unspecified atom stereocenters. The monoisotopic (exact) mass is 462 g/mol. The van der Waals surface area contributed by atoms with Crippen molar-refractivity contribution in [3.05, 3.63) is 102 Å². The molecule has 5 nitrogen and oxygen atoms in total. The van der Waals surface area contributed by atoms with Gasteiger partial charge in [-0.25, -0.2) is 0 Å². The number of hydrogen-bond acceptors (Lipinski definition) is 3. The van der Waals surface area contributed by atoms with E-state index in [0.717, 1.165) is 50.4 Å². The molecule has 1 atom stereocenters. The molecule has 0 bridgehead atoms. The summed E-state index contributed by atoms with van der Waals surface area (Å²) < 4.78 is 5.88. The minimum atomic E-state index is -0.417. The van der Waals surface area contributed by atoms with Crippen molar-refractivity contribution >= 4 is 27.6 Å². The Morgan fingerprint density at radius 2 is 1.80 bits per heavy atom. The van der Waals surface area contributed by atoms with Crippen molar-refractivity contribution in [3.8, 4) is 16.9 Å². The molecule has 2 heterocycles. The third-order valence-electron chi connectivity index (χ3n) is 6.83. The van der Waals surface area contributed by atoms with Gasteiger partial charge in [0.15, 0.2) is 0 Å². The molecule has 1 aliphatic heterocycles. The quantitative estimate of drug-likeness (QED) is 0.322. The van der Waals surface area contributed by atoms with E-state index >= 15 is 0 Å². The lowest BCUT2D eigenvalue weighted by Crippen LogP contribution is -2.39. The maximum Gasteiger partial charge on any atom is 0.255 e. The van der Waals surface area contributed by atoms with Crippen molar-refractivity contribution in [2.45, 2.75) is 18.9 Å². The minimum Gasteiger partial charge on any atom is -0.492 e. The number of ether oxygens (including phenoxy) is 1. The highest BCUT2D eigenvalue weighted by Crippen LogP contribution is 2.37. The number of fused-ring (bicyclic) bond motifs is 3. The molecule has 174 valence electrons. The van der Waals surface area contributed by atoms with Gasteiger partial charge in [-0.3, -0.25) is 4.79 Å². The highest BCUT2D eigenvalue weighted by Gasteiger charge is 2.25. The fourth-order valence-corrected chi connectivity index (χ4v) is 5.10. The van der Waals surface area contributed by atoms with Crippen molar-refractivity contribution < 1.29 is 14.6 Å². The molecule has 4 aromatic carbocycles. The fraction of sp³-hybridized carbons (Fsp3) is 0.167. The zero-order chi connectivity index (χ0) is 23.8. The zero-order valence-electron chi connectivity index (χ0n) is 19.3. The van der Waals surface area contributed by atoms with E-state index in [1.165, 1.54) is 0 Å². The van der Waals surface area contributed by atoms with Crippen LogP contribution in [0.2, 0.25) is 0 Å². The van der Waals surface area contributed by atoms with Crippen LogP contribution in [0.4, 0.5) is 0 Å². The molecule has 5 aromatic rings. The molecule has 0 spiro atoms. The van der Waals surface area contributed by atoms with Gasteiger partial charge in [0.05, 0.1) is 24.8 Å². The van der Waals surface area contributed by atoms with Crippen molar-refractivity contribution in [2.75, 3.05) is 13.2 Å². The van der Waals surface area contributed by atoms with E-state index in [4.69, 9.17) is 4.74 Å². The lowest BCUT2D eigenvalue weighted by atomic mass is 9.94. The lowest BCUT2D eigenvalue weighted by molar-refractivity contribution is 0.0913. The molecule has 35 heavy (non-hydrogen) atoms. The Kier molecular flexibility index (Phi) is 5.47. The third-order valence-corrected chi connectivity index (χ3v) is 6.83. The van der Waals surface area contributed by atoms with Gasteiger partial charge in [-0.2, -0.15) is 0 Å². The van der Waals surface area contributed by atoms with Crippen LogP contribution in [0, 0.1) is 0 Å². The first-order chi connectivity index (χ1) is 17.2. The maximum absolute atomic E-state index is 13.5. The molecular formula is C30H26N2O3. The molecule has 1 amide bonds. The molecular weight excluding hydrogens is 436 g/mol. The number of carbonyl (C=O) groups is 1. The molecule has 0 fully saturated rings. The summed E-state index contributed by atoms with van der Waals surface area (Å²) in [6.07, 6.45) is 3.24. The van der Waals surface area contributed by atoms with Gasteiger partial charge >= 0.3 is 0 Å². The van der Waals surface area contributed by atoms with Crippen LogP contribution >= 0.6 is 0 Å². The summed E-state index contributed by atoms with van der Waals surface area (Å²) in [6.45, 7) is 0.407. The molecule has 0 saturated carbocycles. The van der Waals surface area contributed by atoms with Gasteiger partial charge in [0, 0.05) is 23.5 Å². The summed E-state index contributed by atoms with van der Waals surface area (Å²) in [5.74, 6) is 0.416. The highest BCUT2D eigenvalue weighted by atomic mass is 16.5. The van der Waals surface area contributed by atoms with Crippen LogP contribution in [0.25, 0.3) is 32.8 Å². The number of carbonyl (C=O) groups excluding carboxylic acids is 1. The Balaban J connectivity index is 1.33. The summed E-state index contributed by atoms with van der Waals surface area (Å²) in [6, 6.07) is 26.2. The molecule has 0 aliphatic carbocycles. The summed E-state index contributed by atoms with van der Waals surface area (Å²) in [5, 5.41) is 16.5. The van der Waals surface area contributed by atoms with Crippen molar-refractivity contribution in [3.63, 3.8) is 0 Å². The maximum atomic E-state index is 13.5. The number of rotatable bonds is 6.